The van der Waals surface area contributed by atoms with E-state index in [9.17, 15) is 9.59 Å². The number of carbonyl (C=O) groups is 1. The van der Waals surface area contributed by atoms with Crippen molar-refractivity contribution in [1.82, 2.24) is 24.2 Å². The number of aromatic nitrogens is 4. The number of aromatic amines is 1. The molecule has 1 unspecified atom stereocenters. The summed E-state index contributed by atoms with van der Waals surface area (Å²) >= 11 is 12.5. The van der Waals surface area contributed by atoms with Crippen LogP contribution in [-0.4, -0.2) is 43.2 Å². The fourth-order valence-corrected chi connectivity index (χ4v) is 5.71. The van der Waals surface area contributed by atoms with Crippen molar-refractivity contribution in [1.29, 1.82) is 0 Å². The number of hydrogen-bond donors (Lipinski definition) is 2. The molecule has 1 fully saturated rings. The van der Waals surface area contributed by atoms with Gasteiger partial charge in [0.05, 0.1) is 32.8 Å². The Labute approximate surface area is 217 Å². The number of carbonyl (C=O) groups excluding carboxylic acids is 1. The van der Waals surface area contributed by atoms with Gasteiger partial charge in [0.25, 0.3) is 5.91 Å². The number of piperidine rings is 1. The topological polar surface area (TPSA) is 88.0 Å². The van der Waals surface area contributed by atoms with E-state index in [1.165, 1.54) is 0 Å². The number of likely N-dealkylation sites (tertiary alicyclic amines) is 1. The Kier molecular flexibility index (Phi) is 5.65. The van der Waals surface area contributed by atoms with E-state index in [4.69, 9.17) is 23.2 Å². The highest BCUT2D eigenvalue weighted by Crippen LogP contribution is 2.39. The highest BCUT2D eigenvalue weighted by Gasteiger charge is 2.36. The van der Waals surface area contributed by atoms with Crippen molar-refractivity contribution in [2.75, 3.05) is 18.4 Å². The molecule has 0 aliphatic carbocycles. The van der Waals surface area contributed by atoms with Crippen LogP contribution in [-0.2, 0) is 4.79 Å². The number of amides is 1. The molecule has 4 aromatic rings. The van der Waals surface area contributed by atoms with Gasteiger partial charge < -0.3 is 15.2 Å². The Bertz CT molecular complexity index is 1570. The summed E-state index contributed by atoms with van der Waals surface area (Å²) in [5.41, 5.74) is 3.84. The SMILES string of the molecule is CC1=C(C(=O)N2CCC(n3c(=O)[nH]c4ccccc43)CC2)C(c2ccc(Cl)c(Cl)c2)n2nccc2N1. The summed E-state index contributed by atoms with van der Waals surface area (Å²) in [5, 5.41) is 8.70. The lowest BCUT2D eigenvalue weighted by molar-refractivity contribution is -0.128. The van der Waals surface area contributed by atoms with Crippen molar-refractivity contribution < 1.29 is 4.79 Å². The first-order chi connectivity index (χ1) is 17.4. The molecule has 0 bridgehead atoms. The van der Waals surface area contributed by atoms with Crippen molar-refractivity contribution in [3.05, 3.63) is 92.1 Å². The van der Waals surface area contributed by atoms with Gasteiger partial charge in [-0.3, -0.25) is 9.36 Å². The first-order valence-electron chi connectivity index (χ1n) is 11.9. The van der Waals surface area contributed by atoms with Gasteiger partial charge in [-0.05, 0) is 49.6 Å². The number of nitrogens with one attached hydrogen (secondary N) is 2. The molecule has 10 heteroatoms. The molecule has 1 amide bonds. The van der Waals surface area contributed by atoms with Crippen LogP contribution in [0.4, 0.5) is 5.82 Å². The minimum absolute atomic E-state index is 0.0286. The molecule has 1 saturated heterocycles. The molecule has 0 spiro atoms. The Morgan fingerprint density at radius 3 is 2.61 bits per heavy atom. The van der Waals surface area contributed by atoms with E-state index in [2.05, 4.69) is 15.4 Å². The van der Waals surface area contributed by atoms with Crippen LogP contribution in [0.15, 0.2) is 70.8 Å². The van der Waals surface area contributed by atoms with E-state index in [1.807, 2.05) is 52.8 Å². The van der Waals surface area contributed by atoms with Gasteiger partial charge in [0.15, 0.2) is 0 Å². The van der Waals surface area contributed by atoms with E-state index in [1.54, 1.807) is 23.0 Å². The Morgan fingerprint density at radius 1 is 1.06 bits per heavy atom. The zero-order valence-electron chi connectivity index (χ0n) is 19.5. The monoisotopic (exact) mass is 522 g/mol. The number of anilines is 1. The maximum atomic E-state index is 14.0. The standard InChI is InChI=1S/C26H24Cl2N6O2/c1-15-23(24(34-22(30-15)8-11-29-34)16-6-7-18(27)19(28)14-16)25(35)32-12-9-17(10-13-32)33-21-5-3-2-4-20(21)31-26(33)36/h2-8,11,14,17,24,30H,9-10,12-13H2,1H3,(H,31,36). The number of fused-ring (bicyclic) bond motifs is 2. The van der Waals surface area contributed by atoms with Gasteiger partial charge >= 0.3 is 5.69 Å². The smallest absolute Gasteiger partial charge is 0.326 e. The number of imidazole rings is 1. The largest absolute Gasteiger partial charge is 0.344 e. The number of benzene rings is 2. The summed E-state index contributed by atoms with van der Waals surface area (Å²) in [6.07, 6.45) is 3.09. The van der Waals surface area contributed by atoms with Crippen LogP contribution in [0.5, 0.6) is 0 Å². The molecule has 2 aromatic carbocycles. The molecule has 36 heavy (non-hydrogen) atoms. The van der Waals surface area contributed by atoms with E-state index in [0.29, 0.717) is 41.5 Å². The van der Waals surface area contributed by atoms with Crippen LogP contribution >= 0.6 is 23.2 Å². The molecule has 6 rings (SSSR count). The van der Waals surface area contributed by atoms with Gasteiger partial charge in [-0.1, -0.05) is 41.4 Å². The van der Waals surface area contributed by atoms with Crippen LogP contribution in [0.1, 0.15) is 37.4 Å². The van der Waals surface area contributed by atoms with Crippen molar-refractivity contribution >= 4 is 46.0 Å². The number of rotatable bonds is 3. The first-order valence-corrected chi connectivity index (χ1v) is 12.6. The Hall–Kier alpha value is -3.49. The third-order valence-electron chi connectivity index (χ3n) is 7.14. The third-order valence-corrected chi connectivity index (χ3v) is 7.88. The van der Waals surface area contributed by atoms with E-state index in [0.717, 1.165) is 28.1 Å². The minimum atomic E-state index is -0.438. The van der Waals surface area contributed by atoms with Crippen LogP contribution in [0.25, 0.3) is 11.0 Å². The number of para-hydroxylation sites is 2. The number of H-pyrrole nitrogens is 1. The molecule has 2 aromatic heterocycles. The van der Waals surface area contributed by atoms with Gasteiger partial charge in [0, 0.05) is 30.9 Å². The van der Waals surface area contributed by atoms with Crippen LogP contribution in [0.3, 0.4) is 0 Å². The zero-order chi connectivity index (χ0) is 25.0. The van der Waals surface area contributed by atoms with Gasteiger partial charge in [-0.25, -0.2) is 9.48 Å². The van der Waals surface area contributed by atoms with E-state index >= 15 is 0 Å². The molecule has 1 atom stereocenters. The molecule has 2 aliphatic heterocycles. The van der Waals surface area contributed by atoms with Crippen molar-refractivity contribution in [3.8, 4) is 0 Å². The van der Waals surface area contributed by atoms with Crippen LogP contribution < -0.4 is 11.0 Å². The second-order valence-corrected chi connectivity index (χ2v) is 10.1. The summed E-state index contributed by atoms with van der Waals surface area (Å²) in [4.78, 5) is 31.4. The molecular weight excluding hydrogens is 499 g/mol. The fraction of sp³-hybridized carbons (Fsp3) is 0.269. The lowest BCUT2D eigenvalue weighted by atomic mass is 9.93. The predicted octanol–water partition coefficient (Wildman–Crippen LogP) is 4.99. The first kappa shape index (κ1) is 22.9. The number of hydrogen-bond acceptors (Lipinski definition) is 4. The van der Waals surface area contributed by atoms with Gasteiger partial charge in [0.2, 0.25) is 0 Å². The second kappa shape index (κ2) is 8.87. The van der Waals surface area contributed by atoms with E-state index in [-0.39, 0.29) is 17.6 Å². The number of allylic oxidation sites excluding steroid dienone is 1. The summed E-state index contributed by atoms with van der Waals surface area (Å²) < 4.78 is 3.64. The normalized spacial score (nSPS) is 18.4. The number of nitrogens with zero attached hydrogens (tertiary/aromatic N) is 4. The summed E-state index contributed by atoms with van der Waals surface area (Å²) in [6.45, 7) is 3.01. The molecule has 0 saturated carbocycles. The zero-order valence-corrected chi connectivity index (χ0v) is 21.1. The summed E-state index contributed by atoms with van der Waals surface area (Å²) in [7, 11) is 0. The lowest BCUT2D eigenvalue weighted by Crippen LogP contribution is -2.43. The predicted molar refractivity (Wildman–Crippen MR) is 141 cm³/mol. The molecule has 8 nitrogen and oxygen atoms in total. The average Bonchev–Trinajstić information content (AvgIpc) is 3.47. The minimum Gasteiger partial charge on any atom is -0.344 e. The summed E-state index contributed by atoms with van der Waals surface area (Å²) in [5.74, 6) is 0.750. The lowest BCUT2D eigenvalue weighted by Gasteiger charge is -2.36. The van der Waals surface area contributed by atoms with Crippen molar-refractivity contribution in [2.24, 2.45) is 0 Å². The molecule has 4 heterocycles. The van der Waals surface area contributed by atoms with Gasteiger partial charge in [-0.2, -0.15) is 5.10 Å². The molecule has 0 radical (unpaired) electrons. The maximum Gasteiger partial charge on any atom is 0.326 e. The molecule has 2 N–H and O–H groups in total. The molecular formula is C26H24Cl2N6O2. The third kappa shape index (κ3) is 3.72. The Balaban J connectivity index is 1.29. The van der Waals surface area contributed by atoms with Crippen molar-refractivity contribution in [2.45, 2.75) is 31.8 Å². The molecule has 2 aliphatic rings. The Morgan fingerprint density at radius 2 is 1.83 bits per heavy atom. The van der Waals surface area contributed by atoms with E-state index < -0.39 is 6.04 Å². The van der Waals surface area contributed by atoms with Gasteiger partial charge in [-0.15, -0.1) is 0 Å². The van der Waals surface area contributed by atoms with Gasteiger partial charge in [0.1, 0.15) is 11.9 Å². The maximum absolute atomic E-state index is 14.0. The average molecular weight is 523 g/mol. The highest BCUT2D eigenvalue weighted by atomic mass is 35.5. The quantitative estimate of drug-likeness (QED) is 0.396. The number of halogens is 2. The summed E-state index contributed by atoms with van der Waals surface area (Å²) in [6, 6.07) is 14.6. The van der Waals surface area contributed by atoms with Crippen LogP contribution in [0.2, 0.25) is 10.0 Å². The second-order valence-electron chi connectivity index (χ2n) is 9.24. The highest BCUT2D eigenvalue weighted by molar-refractivity contribution is 6.42. The van der Waals surface area contributed by atoms with Crippen molar-refractivity contribution in [3.63, 3.8) is 0 Å². The molecule has 184 valence electrons. The fourth-order valence-electron chi connectivity index (χ4n) is 5.41. The van der Waals surface area contributed by atoms with Crippen LogP contribution in [0, 0.1) is 0 Å².